The number of hydrogen-bond donors (Lipinski definition) is 1. The molecule has 1 unspecified atom stereocenters. The summed E-state index contributed by atoms with van der Waals surface area (Å²) in [4.78, 5) is 15.1. The molecule has 0 aliphatic rings. The van der Waals surface area contributed by atoms with E-state index in [0.29, 0.717) is 15.9 Å². The summed E-state index contributed by atoms with van der Waals surface area (Å²) in [6, 6.07) is 19.3. The summed E-state index contributed by atoms with van der Waals surface area (Å²) < 4.78 is 0.707. The van der Waals surface area contributed by atoms with Crippen molar-refractivity contribution >= 4 is 45.5 Å². The molecule has 1 amide bonds. The van der Waals surface area contributed by atoms with Crippen LogP contribution in [0.4, 0.5) is 16.5 Å². The number of carbonyl (C=O) groups excluding carboxylic acids is 1. The lowest BCUT2D eigenvalue weighted by Crippen LogP contribution is -2.34. The maximum atomic E-state index is 13.3. The number of anilines is 3. The Morgan fingerprint density at radius 2 is 1.64 bits per heavy atom. The Balaban J connectivity index is 1.92. The lowest BCUT2D eigenvalue weighted by Gasteiger charge is -2.26. The van der Waals surface area contributed by atoms with Gasteiger partial charge in [0.25, 0.3) is 0 Å². The summed E-state index contributed by atoms with van der Waals surface area (Å²) in [6.45, 7) is 1.99. The molecule has 0 aliphatic heterocycles. The third-order valence-electron chi connectivity index (χ3n) is 3.56. The smallest absolute Gasteiger partial charge is 0.245 e. The van der Waals surface area contributed by atoms with Gasteiger partial charge >= 0.3 is 0 Å². The van der Waals surface area contributed by atoms with E-state index in [2.05, 4.69) is 10.2 Å². The first-order valence-corrected chi connectivity index (χ1v) is 9.58. The Hall–Kier alpha value is -2.38. The first kappa shape index (κ1) is 17.4. The Morgan fingerprint density at radius 1 is 1.08 bits per heavy atom. The average Bonchev–Trinajstić information content (AvgIpc) is 3.06. The molecule has 0 aliphatic carbocycles. The number of nitrogens with two attached hydrogens (primary N) is 1. The largest absolute Gasteiger partial charge is 0.374 e. The zero-order valence-corrected chi connectivity index (χ0v) is 15.3. The lowest BCUT2D eigenvalue weighted by atomic mass is 10.2. The second-order valence-electron chi connectivity index (χ2n) is 5.27. The van der Waals surface area contributed by atoms with Crippen molar-refractivity contribution in [3.63, 3.8) is 0 Å². The molecule has 7 heteroatoms. The highest BCUT2D eigenvalue weighted by atomic mass is 32.2. The number of thioether (sulfide) groups is 1. The van der Waals surface area contributed by atoms with E-state index in [1.54, 1.807) is 4.90 Å². The van der Waals surface area contributed by atoms with Gasteiger partial charge in [0, 0.05) is 11.4 Å². The molecule has 0 saturated heterocycles. The molecular weight excluding hydrogens is 352 g/mol. The predicted octanol–water partition coefficient (Wildman–Crippen LogP) is 4.36. The van der Waals surface area contributed by atoms with Gasteiger partial charge in [0.15, 0.2) is 4.34 Å². The average molecular weight is 371 g/mol. The molecule has 2 N–H and O–H groups in total. The number of para-hydroxylation sites is 2. The molecule has 1 aromatic heterocycles. The lowest BCUT2D eigenvalue weighted by molar-refractivity contribution is -0.117. The zero-order chi connectivity index (χ0) is 17.6. The summed E-state index contributed by atoms with van der Waals surface area (Å²) in [7, 11) is 0. The van der Waals surface area contributed by atoms with Crippen molar-refractivity contribution in [3.05, 3.63) is 60.7 Å². The van der Waals surface area contributed by atoms with Gasteiger partial charge in [-0.1, -0.05) is 66.4 Å². The van der Waals surface area contributed by atoms with Gasteiger partial charge in [-0.2, -0.15) is 0 Å². The number of nitrogen functional groups attached to an aromatic ring is 1. The molecule has 3 rings (SSSR count). The number of amides is 1. The highest BCUT2D eigenvalue weighted by Gasteiger charge is 2.27. The van der Waals surface area contributed by atoms with E-state index in [9.17, 15) is 4.79 Å². The minimum Gasteiger partial charge on any atom is -0.374 e. The molecule has 5 nitrogen and oxygen atoms in total. The molecule has 0 spiro atoms. The van der Waals surface area contributed by atoms with E-state index in [-0.39, 0.29) is 11.2 Å². The molecule has 1 atom stereocenters. The fourth-order valence-corrected chi connectivity index (χ4v) is 4.24. The number of benzene rings is 2. The zero-order valence-electron chi connectivity index (χ0n) is 13.7. The highest BCUT2D eigenvalue weighted by Crippen LogP contribution is 2.34. The van der Waals surface area contributed by atoms with Crippen molar-refractivity contribution in [2.24, 2.45) is 0 Å². The first-order chi connectivity index (χ1) is 12.2. The molecule has 3 aromatic rings. The molecule has 2 aromatic carbocycles. The van der Waals surface area contributed by atoms with Crippen molar-refractivity contribution in [2.75, 3.05) is 10.6 Å². The van der Waals surface area contributed by atoms with Crippen LogP contribution in [0.5, 0.6) is 0 Å². The van der Waals surface area contributed by atoms with E-state index in [0.717, 1.165) is 11.4 Å². The van der Waals surface area contributed by atoms with Gasteiger partial charge in [-0.05, 0) is 30.7 Å². The van der Waals surface area contributed by atoms with Gasteiger partial charge in [-0.25, -0.2) is 0 Å². The van der Waals surface area contributed by atoms with Gasteiger partial charge in [-0.3, -0.25) is 9.69 Å². The van der Waals surface area contributed by atoms with Crippen LogP contribution in [0.2, 0.25) is 0 Å². The summed E-state index contributed by atoms with van der Waals surface area (Å²) in [5, 5.41) is 7.99. The van der Waals surface area contributed by atoms with Crippen molar-refractivity contribution in [3.8, 4) is 0 Å². The molecule has 0 saturated carbocycles. The number of carbonyl (C=O) groups is 1. The first-order valence-electron chi connectivity index (χ1n) is 7.88. The number of hydrogen-bond acceptors (Lipinski definition) is 6. The van der Waals surface area contributed by atoms with Crippen LogP contribution in [-0.2, 0) is 4.79 Å². The van der Waals surface area contributed by atoms with Crippen LogP contribution < -0.4 is 10.6 Å². The normalized spacial score (nSPS) is 11.9. The predicted molar refractivity (Wildman–Crippen MR) is 104 cm³/mol. The molecule has 128 valence electrons. The van der Waals surface area contributed by atoms with Crippen molar-refractivity contribution in [1.29, 1.82) is 0 Å². The second-order valence-corrected chi connectivity index (χ2v) is 7.72. The van der Waals surface area contributed by atoms with Gasteiger partial charge in [0.1, 0.15) is 0 Å². The molecule has 1 heterocycles. The van der Waals surface area contributed by atoms with Crippen LogP contribution in [0.3, 0.4) is 0 Å². The summed E-state index contributed by atoms with van der Waals surface area (Å²) in [6.07, 6.45) is 0.680. The van der Waals surface area contributed by atoms with Gasteiger partial charge in [0.2, 0.25) is 11.0 Å². The van der Waals surface area contributed by atoms with Crippen LogP contribution in [0.15, 0.2) is 65.0 Å². The van der Waals surface area contributed by atoms with Gasteiger partial charge in [0.05, 0.1) is 5.25 Å². The highest BCUT2D eigenvalue weighted by molar-refractivity contribution is 8.02. The topological polar surface area (TPSA) is 72.1 Å². The Bertz CT molecular complexity index is 784. The Kier molecular flexibility index (Phi) is 5.67. The van der Waals surface area contributed by atoms with Crippen molar-refractivity contribution in [1.82, 2.24) is 10.2 Å². The Labute approximate surface area is 154 Å². The number of aromatic nitrogens is 2. The van der Waals surface area contributed by atoms with E-state index >= 15 is 0 Å². The standard InChI is InChI=1S/C18H18N4OS2/c1-2-15(24-18-21-20-17(19)25-18)16(23)22(13-9-5-3-6-10-13)14-11-7-4-8-12-14/h3-12,15H,2H2,1H3,(H2,19,20). The minimum atomic E-state index is -0.271. The summed E-state index contributed by atoms with van der Waals surface area (Å²) >= 11 is 2.71. The summed E-state index contributed by atoms with van der Waals surface area (Å²) in [5.41, 5.74) is 7.33. The van der Waals surface area contributed by atoms with Crippen LogP contribution in [0.1, 0.15) is 13.3 Å². The molecule has 0 bridgehead atoms. The Morgan fingerprint density at radius 3 is 2.08 bits per heavy atom. The molecule has 0 radical (unpaired) electrons. The number of nitrogens with zero attached hydrogens (tertiary/aromatic N) is 3. The van der Waals surface area contributed by atoms with E-state index < -0.39 is 0 Å². The molecular formula is C18H18N4OS2. The number of rotatable bonds is 6. The monoisotopic (exact) mass is 370 g/mol. The fourth-order valence-electron chi connectivity index (χ4n) is 2.40. The summed E-state index contributed by atoms with van der Waals surface area (Å²) in [5.74, 6) is 0.0127. The quantitative estimate of drug-likeness (QED) is 0.653. The minimum absolute atomic E-state index is 0.0127. The van der Waals surface area contributed by atoms with Crippen LogP contribution in [-0.4, -0.2) is 21.4 Å². The SMILES string of the molecule is CCC(Sc1nnc(N)s1)C(=O)N(c1ccccc1)c1ccccc1. The molecule has 0 fully saturated rings. The van der Waals surface area contributed by atoms with E-state index in [1.165, 1.54) is 23.1 Å². The van der Waals surface area contributed by atoms with Crippen LogP contribution in [0.25, 0.3) is 0 Å². The van der Waals surface area contributed by atoms with E-state index in [4.69, 9.17) is 5.73 Å². The van der Waals surface area contributed by atoms with Crippen LogP contribution in [0, 0.1) is 0 Å². The fraction of sp³-hybridized carbons (Fsp3) is 0.167. The van der Waals surface area contributed by atoms with Crippen molar-refractivity contribution < 1.29 is 4.79 Å². The van der Waals surface area contributed by atoms with Crippen LogP contribution >= 0.6 is 23.1 Å². The maximum absolute atomic E-state index is 13.3. The maximum Gasteiger partial charge on any atom is 0.245 e. The molecule has 25 heavy (non-hydrogen) atoms. The van der Waals surface area contributed by atoms with Gasteiger partial charge in [-0.15, -0.1) is 10.2 Å². The third kappa shape index (κ3) is 4.18. The van der Waals surface area contributed by atoms with E-state index in [1.807, 2.05) is 67.6 Å². The second kappa shape index (κ2) is 8.13. The van der Waals surface area contributed by atoms with Gasteiger partial charge < -0.3 is 5.73 Å². The third-order valence-corrected chi connectivity index (χ3v) is 5.75. The van der Waals surface area contributed by atoms with Crippen molar-refractivity contribution in [2.45, 2.75) is 22.9 Å².